The molecule has 1 N–H and O–H groups in total. The second-order valence-electron chi connectivity index (χ2n) is 7.57. The van der Waals surface area contributed by atoms with Gasteiger partial charge in [-0.1, -0.05) is 0 Å². The Labute approximate surface area is 181 Å². The number of rotatable bonds is 9. The van der Waals surface area contributed by atoms with Crippen LogP contribution in [0.3, 0.4) is 0 Å². The molecule has 170 valence electrons. The highest BCUT2D eigenvalue weighted by Crippen LogP contribution is 2.42. The molecular weight excluding hydrogens is 430 g/mol. The average molecular weight is 451 g/mol. The fourth-order valence-electron chi connectivity index (χ4n) is 3.24. The molecule has 1 aromatic carbocycles. The first-order chi connectivity index (χ1) is 15.3. The number of nitrogens with zero attached hydrogens (tertiary/aromatic N) is 2. The van der Waals surface area contributed by atoms with E-state index in [9.17, 15) is 22.4 Å². The normalized spacial score (nSPS) is 13.9. The van der Waals surface area contributed by atoms with Crippen molar-refractivity contribution in [2.75, 3.05) is 6.54 Å². The van der Waals surface area contributed by atoms with Crippen LogP contribution in [0.1, 0.15) is 52.9 Å². The van der Waals surface area contributed by atoms with Crippen molar-refractivity contribution >= 4 is 5.91 Å². The van der Waals surface area contributed by atoms with Gasteiger partial charge in [-0.25, -0.2) is 4.39 Å². The summed E-state index contributed by atoms with van der Waals surface area (Å²) in [5.74, 6) is 0.312. The van der Waals surface area contributed by atoms with E-state index >= 15 is 0 Å². The number of ether oxygens (including phenoxy) is 1. The summed E-state index contributed by atoms with van der Waals surface area (Å²) >= 11 is 0. The van der Waals surface area contributed by atoms with Gasteiger partial charge in [0.1, 0.15) is 23.9 Å². The third-order valence-electron chi connectivity index (χ3n) is 5.01. The van der Waals surface area contributed by atoms with Crippen LogP contribution in [0.2, 0.25) is 0 Å². The number of halogens is 4. The molecule has 10 heteroatoms. The predicted octanol–water partition coefficient (Wildman–Crippen LogP) is 4.91. The van der Waals surface area contributed by atoms with Crippen LogP contribution in [0.4, 0.5) is 17.6 Å². The number of nitrogens with one attached hydrogen (secondary N) is 1. The number of hydrogen-bond donors (Lipinski definition) is 1. The van der Waals surface area contributed by atoms with E-state index in [-0.39, 0.29) is 37.2 Å². The Morgan fingerprint density at radius 1 is 1.19 bits per heavy atom. The van der Waals surface area contributed by atoms with Crippen LogP contribution < -0.4 is 10.1 Å². The monoisotopic (exact) mass is 451 g/mol. The third kappa shape index (κ3) is 5.49. The van der Waals surface area contributed by atoms with E-state index in [2.05, 4.69) is 10.4 Å². The molecule has 2 heterocycles. The number of carbonyl (C=O) groups is 1. The molecule has 0 spiro atoms. The first-order valence-electron chi connectivity index (χ1n) is 10.2. The molecule has 0 unspecified atom stereocenters. The van der Waals surface area contributed by atoms with Gasteiger partial charge >= 0.3 is 6.18 Å². The van der Waals surface area contributed by atoms with Crippen LogP contribution in [-0.4, -0.2) is 22.2 Å². The Morgan fingerprint density at radius 3 is 2.62 bits per heavy atom. The Hall–Kier alpha value is -3.30. The Morgan fingerprint density at radius 2 is 1.94 bits per heavy atom. The molecule has 0 bridgehead atoms. The van der Waals surface area contributed by atoms with E-state index < -0.39 is 17.8 Å². The predicted molar refractivity (Wildman–Crippen MR) is 106 cm³/mol. The van der Waals surface area contributed by atoms with E-state index in [0.717, 1.165) is 18.9 Å². The van der Waals surface area contributed by atoms with Crippen LogP contribution in [-0.2, 0) is 19.3 Å². The summed E-state index contributed by atoms with van der Waals surface area (Å²) in [6.07, 6.45) is -2.32. The van der Waals surface area contributed by atoms with E-state index in [1.54, 1.807) is 6.07 Å². The first kappa shape index (κ1) is 21.9. The molecule has 1 aliphatic rings. The van der Waals surface area contributed by atoms with Crippen molar-refractivity contribution in [1.29, 1.82) is 0 Å². The second kappa shape index (κ2) is 9.05. The number of aromatic nitrogens is 2. The summed E-state index contributed by atoms with van der Waals surface area (Å²) in [7, 11) is 0. The van der Waals surface area contributed by atoms with E-state index in [4.69, 9.17) is 9.15 Å². The summed E-state index contributed by atoms with van der Waals surface area (Å²) < 4.78 is 64.1. The maximum Gasteiger partial charge on any atom is 0.435 e. The van der Waals surface area contributed by atoms with Gasteiger partial charge in [-0.05, 0) is 61.7 Å². The molecule has 1 fully saturated rings. The van der Waals surface area contributed by atoms with Gasteiger partial charge in [-0.2, -0.15) is 18.3 Å². The van der Waals surface area contributed by atoms with E-state index in [1.807, 2.05) is 0 Å². The molecule has 6 nitrogen and oxygen atoms in total. The number of hydrogen-bond acceptors (Lipinski definition) is 4. The molecule has 0 aliphatic heterocycles. The molecule has 2 aromatic heterocycles. The zero-order valence-corrected chi connectivity index (χ0v) is 17.0. The molecule has 1 saturated carbocycles. The SMILES string of the molecule is O=C(NCCCn1nc(C(F)(F)F)cc1C1CC1)c1ccc(COc2ccc(F)cc2)o1. The van der Waals surface area contributed by atoms with Gasteiger partial charge in [0.05, 0.1) is 0 Å². The van der Waals surface area contributed by atoms with Crippen molar-refractivity contribution in [3.05, 3.63) is 71.2 Å². The molecular formula is C22H21F4N3O3. The number of benzene rings is 1. The molecule has 1 amide bonds. The Kier molecular flexibility index (Phi) is 6.20. The van der Waals surface area contributed by atoms with Crippen LogP contribution in [0.15, 0.2) is 46.9 Å². The fourth-order valence-corrected chi connectivity index (χ4v) is 3.24. The Balaban J connectivity index is 1.24. The standard InChI is InChI=1S/C22H21F4N3O3/c23-15-4-6-16(7-5-15)31-13-17-8-9-19(32-17)21(30)27-10-1-11-29-18(14-2-3-14)12-20(28-29)22(24,25)26/h4-9,12,14H,1-3,10-11,13H2,(H,27,30). The highest BCUT2D eigenvalue weighted by molar-refractivity contribution is 5.91. The average Bonchev–Trinajstić information content (AvgIpc) is 3.31. The van der Waals surface area contributed by atoms with Crippen molar-refractivity contribution in [2.45, 2.75) is 44.5 Å². The number of alkyl halides is 3. The van der Waals surface area contributed by atoms with Crippen molar-refractivity contribution in [1.82, 2.24) is 15.1 Å². The lowest BCUT2D eigenvalue weighted by atomic mass is 10.2. The molecule has 32 heavy (non-hydrogen) atoms. The fraction of sp³-hybridized carbons (Fsp3) is 0.364. The minimum absolute atomic E-state index is 0.0731. The van der Waals surface area contributed by atoms with E-state index in [1.165, 1.54) is 35.0 Å². The highest BCUT2D eigenvalue weighted by atomic mass is 19.4. The zero-order valence-electron chi connectivity index (χ0n) is 17.0. The number of furan rings is 1. The van der Waals surface area contributed by atoms with E-state index in [0.29, 0.717) is 23.6 Å². The van der Waals surface area contributed by atoms with Gasteiger partial charge in [0.25, 0.3) is 5.91 Å². The molecule has 0 saturated heterocycles. The molecule has 1 aliphatic carbocycles. The Bertz CT molecular complexity index is 1070. The quantitative estimate of drug-likeness (QED) is 0.371. The minimum Gasteiger partial charge on any atom is -0.486 e. The minimum atomic E-state index is -4.47. The van der Waals surface area contributed by atoms with Crippen LogP contribution in [0.5, 0.6) is 5.75 Å². The van der Waals surface area contributed by atoms with Gasteiger partial charge in [0, 0.05) is 24.7 Å². The largest absolute Gasteiger partial charge is 0.486 e. The lowest BCUT2D eigenvalue weighted by Gasteiger charge is -2.07. The molecule has 0 radical (unpaired) electrons. The number of amides is 1. The van der Waals surface area contributed by atoms with Crippen LogP contribution in [0.25, 0.3) is 0 Å². The lowest BCUT2D eigenvalue weighted by Crippen LogP contribution is -2.25. The number of aryl methyl sites for hydroxylation is 1. The zero-order chi connectivity index (χ0) is 22.7. The van der Waals surface area contributed by atoms with Gasteiger partial charge in [0.15, 0.2) is 11.5 Å². The number of carbonyl (C=O) groups excluding carboxylic acids is 1. The van der Waals surface area contributed by atoms with Gasteiger partial charge in [0.2, 0.25) is 0 Å². The van der Waals surface area contributed by atoms with Crippen molar-refractivity contribution in [2.24, 2.45) is 0 Å². The maximum absolute atomic E-state index is 12.9. The summed E-state index contributed by atoms with van der Waals surface area (Å²) in [4.78, 5) is 12.2. The highest BCUT2D eigenvalue weighted by Gasteiger charge is 2.37. The smallest absolute Gasteiger partial charge is 0.435 e. The summed E-state index contributed by atoms with van der Waals surface area (Å²) in [5.41, 5.74) is -0.283. The van der Waals surface area contributed by atoms with Crippen LogP contribution in [0, 0.1) is 5.82 Å². The first-order valence-corrected chi connectivity index (χ1v) is 10.2. The summed E-state index contributed by atoms with van der Waals surface area (Å²) in [5, 5.41) is 6.38. The third-order valence-corrected chi connectivity index (χ3v) is 5.01. The maximum atomic E-state index is 12.9. The molecule has 0 atom stereocenters. The van der Waals surface area contributed by atoms with Gasteiger partial charge < -0.3 is 14.5 Å². The van der Waals surface area contributed by atoms with Gasteiger partial charge in [-0.15, -0.1) is 0 Å². The second-order valence-corrected chi connectivity index (χ2v) is 7.57. The topological polar surface area (TPSA) is 69.3 Å². The van der Waals surface area contributed by atoms with Gasteiger partial charge in [-0.3, -0.25) is 9.48 Å². The summed E-state index contributed by atoms with van der Waals surface area (Å²) in [6.45, 7) is 0.604. The van der Waals surface area contributed by atoms with Crippen molar-refractivity contribution in [3.63, 3.8) is 0 Å². The van der Waals surface area contributed by atoms with Crippen LogP contribution >= 0.6 is 0 Å². The molecule has 4 rings (SSSR count). The molecule has 3 aromatic rings. The summed E-state index contributed by atoms with van der Waals surface area (Å²) in [6, 6.07) is 9.74. The lowest BCUT2D eigenvalue weighted by molar-refractivity contribution is -0.141. The van der Waals surface area contributed by atoms with Crippen molar-refractivity contribution in [3.8, 4) is 5.75 Å². The van der Waals surface area contributed by atoms with Crippen molar-refractivity contribution < 1.29 is 31.5 Å².